The van der Waals surface area contributed by atoms with Crippen LogP contribution in [0, 0.1) is 0 Å². The number of hydrogen-bond donors (Lipinski definition) is 1. The van der Waals surface area contributed by atoms with Gasteiger partial charge in [0, 0.05) is 42.6 Å². The highest BCUT2D eigenvalue weighted by molar-refractivity contribution is 9.10. The molecule has 2 aliphatic rings. The largest absolute Gasteiger partial charge is 0.345 e. The van der Waals surface area contributed by atoms with Crippen LogP contribution in [0.1, 0.15) is 24.5 Å². The number of benzene rings is 1. The summed E-state index contributed by atoms with van der Waals surface area (Å²) in [6, 6.07) is 7.84. The van der Waals surface area contributed by atoms with Crippen LogP contribution in [0.2, 0.25) is 0 Å². The third-order valence-corrected chi connectivity index (χ3v) is 6.51. The summed E-state index contributed by atoms with van der Waals surface area (Å²) in [6.07, 6.45) is 2.30. The molecule has 1 aliphatic heterocycles. The van der Waals surface area contributed by atoms with E-state index in [0.29, 0.717) is 11.9 Å². The van der Waals surface area contributed by atoms with Crippen molar-refractivity contribution in [1.29, 1.82) is 0 Å². The highest BCUT2D eigenvalue weighted by Gasteiger charge is 2.27. The SMILES string of the molecule is O=c1cc(C2CC2)nc(N2CCN(c3nc4ccc(Br)cc4s3)CC2)[nH]1. The third kappa shape index (κ3) is 3.12. The zero-order chi connectivity index (χ0) is 17.7. The molecule has 8 heteroatoms. The number of nitrogens with zero attached hydrogens (tertiary/aromatic N) is 4. The van der Waals surface area contributed by atoms with Gasteiger partial charge in [0.15, 0.2) is 5.13 Å². The van der Waals surface area contributed by atoms with Crippen LogP contribution in [0.5, 0.6) is 0 Å². The summed E-state index contributed by atoms with van der Waals surface area (Å²) in [6.45, 7) is 3.41. The maximum absolute atomic E-state index is 12.0. The first kappa shape index (κ1) is 16.3. The van der Waals surface area contributed by atoms with Crippen molar-refractivity contribution in [3.63, 3.8) is 0 Å². The fourth-order valence-electron chi connectivity index (χ4n) is 3.33. The molecule has 3 aromatic rings. The number of fused-ring (bicyclic) bond motifs is 1. The van der Waals surface area contributed by atoms with Gasteiger partial charge in [-0.25, -0.2) is 9.97 Å². The Balaban J connectivity index is 1.33. The monoisotopic (exact) mass is 431 g/mol. The fraction of sp³-hybridized carbons (Fsp3) is 0.389. The molecule has 0 unspecified atom stereocenters. The maximum atomic E-state index is 12.0. The summed E-state index contributed by atoms with van der Waals surface area (Å²) in [5.74, 6) is 1.20. The van der Waals surface area contributed by atoms with Crippen LogP contribution in [-0.4, -0.2) is 41.1 Å². The molecule has 5 rings (SSSR count). The minimum absolute atomic E-state index is 0.0453. The van der Waals surface area contributed by atoms with E-state index in [4.69, 9.17) is 9.97 Å². The van der Waals surface area contributed by atoms with Gasteiger partial charge in [0.1, 0.15) is 0 Å². The number of aromatic nitrogens is 3. The number of halogens is 1. The van der Waals surface area contributed by atoms with Crippen LogP contribution < -0.4 is 15.4 Å². The standard InChI is InChI=1S/C18H18BrN5OS/c19-12-3-4-13-15(9-12)26-18(21-13)24-7-5-23(6-8-24)17-20-14(11-1-2-11)10-16(25)22-17/h3-4,9-11H,1-2,5-8H2,(H,20,22,25). The number of aromatic amines is 1. The molecule has 0 atom stereocenters. The first-order chi connectivity index (χ1) is 12.7. The highest BCUT2D eigenvalue weighted by Crippen LogP contribution is 2.38. The third-order valence-electron chi connectivity index (χ3n) is 4.93. The van der Waals surface area contributed by atoms with Crippen molar-refractivity contribution in [3.8, 4) is 0 Å². The van der Waals surface area contributed by atoms with Gasteiger partial charge in [0.25, 0.3) is 5.56 Å². The second kappa shape index (κ2) is 6.35. The molecule has 2 fully saturated rings. The Morgan fingerprint density at radius 2 is 1.85 bits per heavy atom. The molecule has 0 radical (unpaired) electrons. The van der Waals surface area contributed by atoms with E-state index in [-0.39, 0.29) is 5.56 Å². The predicted molar refractivity (Wildman–Crippen MR) is 109 cm³/mol. The number of H-pyrrole nitrogens is 1. The molecular weight excluding hydrogens is 414 g/mol. The maximum Gasteiger partial charge on any atom is 0.252 e. The van der Waals surface area contributed by atoms with Crippen molar-refractivity contribution >= 4 is 48.6 Å². The Bertz CT molecular complexity index is 1020. The van der Waals surface area contributed by atoms with Crippen LogP contribution in [0.3, 0.4) is 0 Å². The lowest BCUT2D eigenvalue weighted by atomic mass is 10.3. The van der Waals surface area contributed by atoms with Crippen molar-refractivity contribution in [1.82, 2.24) is 15.0 Å². The lowest BCUT2D eigenvalue weighted by Gasteiger charge is -2.34. The Morgan fingerprint density at radius 3 is 2.62 bits per heavy atom. The minimum Gasteiger partial charge on any atom is -0.345 e. The number of rotatable bonds is 3. The lowest BCUT2D eigenvalue weighted by molar-refractivity contribution is 0.636. The predicted octanol–water partition coefficient (Wildman–Crippen LogP) is 3.35. The molecule has 1 N–H and O–H groups in total. The van der Waals surface area contributed by atoms with Crippen molar-refractivity contribution < 1.29 is 0 Å². The van der Waals surface area contributed by atoms with E-state index in [1.807, 2.05) is 12.1 Å². The van der Waals surface area contributed by atoms with Crippen molar-refractivity contribution in [3.05, 3.63) is 44.8 Å². The summed E-state index contributed by atoms with van der Waals surface area (Å²) in [5, 5.41) is 1.06. The van der Waals surface area contributed by atoms with Gasteiger partial charge in [0.05, 0.1) is 15.9 Å². The molecule has 0 amide bonds. The van der Waals surface area contributed by atoms with E-state index in [2.05, 4.69) is 36.8 Å². The molecule has 1 saturated carbocycles. The summed E-state index contributed by atoms with van der Waals surface area (Å²) < 4.78 is 2.27. The van der Waals surface area contributed by atoms with Gasteiger partial charge >= 0.3 is 0 Å². The molecule has 1 aromatic carbocycles. The Morgan fingerprint density at radius 1 is 1.08 bits per heavy atom. The first-order valence-corrected chi connectivity index (χ1v) is 10.4. The van der Waals surface area contributed by atoms with E-state index in [0.717, 1.165) is 59.8 Å². The summed E-state index contributed by atoms with van der Waals surface area (Å²) in [7, 11) is 0. The van der Waals surface area contributed by atoms with Gasteiger partial charge in [0.2, 0.25) is 5.95 Å². The van der Waals surface area contributed by atoms with Gasteiger partial charge in [-0.2, -0.15) is 0 Å². The van der Waals surface area contributed by atoms with Gasteiger partial charge in [-0.3, -0.25) is 9.78 Å². The van der Waals surface area contributed by atoms with Crippen molar-refractivity contribution in [2.45, 2.75) is 18.8 Å². The first-order valence-electron chi connectivity index (χ1n) is 8.83. The topological polar surface area (TPSA) is 65.1 Å². The Kier molecular flexibility index (Phi) is 3.97. The van der Waals surface area contributed by atoms with Crippen LogP contribution in [-0.2, 0) is 0 Å². The molecular formula is C18H18BrN5OS. The van der Waals surface area contributed by atoms with Crippen molar-refractivity contribution in [2.24, 2.45) is 0 Å². The van der Waals surface area contributed by atoms with E-state index < -0.39 is 0 Å². The number of hydrogen-bond acceptors (Lipinski definition) is 6. The Labute approximate surface area is 163 Å². The Hall–Kier alpha value is -1.93. The minimum atomic E-state index is -0.0453. The number of anilines is 2. The van der Waals surface area contributed by atoms with Gasteiger partial charge in [-0.05, 0) is 31.0 Å². The molecule has 3 heterocycles. The number of thiazole rings is 1. The van der Waals surface area contributed by atoms with E-state index in [1.54, 1.807) is 17.4 Å². The second-order valence-electron chi connectivity index (χ2n) is 6.85. The number of nitrogens with one attached hydrogen (secondary N) is 1. The van der Waals surface area contributed by atoms with E-state index in [1.165, 1.54) is 4.70 Å². The van der Waals surface area contributed by atoms with Gasteiger partial charge < -0.3 is 9.80 Å². The summed E-state index contributed by atoms with van der Waals surface area (Å²) >= 11 is 5.25. The molecule has 0 spiro atoms. The van der Waals surface area contributed by atoms with Crippen LogP contribution in [0.4, 0.5) is 11.1 Å². The summed E-state index contributed by atoms with van der Waals surface area (Å²) in [5.41, 5.74) is 1.94. The molecule has 1 aliphatic carbocycles. The number of piperazine rings is 1. The quantitative estimate of drug-likeness (QED) is 0.688. The molecule has 2 aromatic heterocycles. The van der Waals surface area contributed by atoms with Crippen LogP contribution in [0.25, 0.3) is 10.2 Å². The second-order valence-corrected chi connectivity index (χ2v) is 8.78. The average Bonchev–Trinajstić information content (AvgIpc) is 3.41. The van der Waals surface area contributed by atoms with Crippen LogP contribution >= 0.6 is 27.3 Å². The molecule has 1 saturated heterocycles. The smallest absolute Gasteiger partial charge is 0.252 e. The average molecular weight is 432 g/mol. The highest BCUT2D eigenvalue weighted by atomic mass is 79.9. The molecule has 0 bridgehead atoms. The zero-order valence-electron chi connectivity index (χ0n) is 14.1. The lowest BCUT2D eigenvalue weighted by Crippen LogP contribution is -2.47. The van der Waals surface area contributed by atoms with E-state index >= 15 is 0 Å². The van der Waals surface area contributed by atoms with Gasteiger partial charge in [-0.1, -0.05) is 27.3 Å². The molecule has 134 valence electrons. The fourth-order valence-corrected chi connectivity index (χ4v) is 4.90. The molecule has 26 heavy (non-hydrogen) atoms. The van der Waals surface area contributed by atoms with Crippen LogP contribution in [0.15, 0.2) is 33.5 Å². The normalized spacial score (nSPS) is 17.9. The van der Waals surface area contributed by atoms with Gasteiger partial charge in [-0.15, -0.1) is 0 Å². The van der Waals surface area contributed by atoms with Crippen molar-refractivity contribution in [2.75, 3.05) is 36.0 Å². The zero-order valence-corrected chi connectivity index (χ0v) is 16.5. The molecule has 6 nitrogen and oxygen atoms in total. The van der Waals surface area contributed by atoms with E-state index in [9.17, 15) is 4.79 Å². The summed E-state index contributed by atoms with van der Waals surface area (Å²) in [4.78, 5) is 28.8.